The summed E-state index contributed by atoms with van der Waals surface area (Å²) in [4.78, 5) is 25.3. The van der Waals surface area contributed by atoms with E-state index in [2.05, 4.69) is 0 Å². The molecular weight excluding hydrogens is 318 g/mol. The predicted molar refractivity (Wildman–Crippen MR) is 87.7 cm³/mol. The molecule has 0 spiro atoms. The monoisotopic (exact) mass is 339 g/mol. The van der Waals surface area contributed by atoms with Crippen molar-refractivity contribution >= 4 is 24.0 Å². The van der Waals surface area contributed by atoms with E-state index in [1.165, 1.54) is 0 Å². The summed E-state index contributed by atoms with van der Waals surface area (Å²) in [5, 5.41) is 0.380. The molecule has 2 rings (SSSR count). The van der Waals surface area contributed by atoms with Gasteiger partial charge in [0.25, 0.3) is 0 Å². The van der Waals surface area contributed by atoms with Crippen molar-refractivity contribution in [1.82, 2.24) is 4.90 Å². The van der Waals surface area contributed by atoms with Crippen LogP contribution in [0.5, 0.6) is 0 Å². The average molecular weight is 340 g/mol. The van der Waals surface area contributed by atoms with E-state index >= 15 is 0 Å². The second kappa shape index (κ2) is 6.13. The van der Waals surface area contributed by atoms with Crippen LogP contribution in [-0.4, -0.2) is 35.2 Å². The summed E-state index contributed by atoms with van der Waals surface area (Å²) >= 11 is 5.98. The van der Waals surface area contributed by atoms with Crippen molar-refractivity contribution < 1.29 is 19.1 Å². The SMILES string of the molecule is CC(C)(C)OC(=O)N1[C@@H](c2ccc(Cl)c(C=O)c2)COC1(C)C. The maximum absolute atomic E-state index is 12.6. The van der Waals surface area contributed by atoms with Gasteiger partial charge in [0.15, 0.2) is 6.29 Å². The summed E-state index contributed by atoms with van der Waals surface area (Å²) in [6, 6.07) is 4.79. The zero-order chi connectivity index (χ0) is 17.4. The summed E-state index contributed by atoms with van der Waals surface area (Å²) in [6.07, 6.45) is 0.248. The van der Waals surface area contributed by atoms with E-state index < -0.39 is 17.4 Å². The van der Waals surface area contributed by atoms with Crippen molar-refractivity contribution in [2.75, 3.05) is 6.61 Å². The summed E-state index contributed by atoms with van der Waals surface area (Å²) in [6.45, 7) is 9.40. The highest BCUT2D eigenvalue weighted by Gasteiger charge is 2.46. The van der Waals surface area contributed by atoms with Gasteiger partial charge in [0.1, 0.15) is 11.3 Å². The quantitative estimate of drug-likeness (QED) is 0.758. The van der Waals surface area contributed by atoms with E-state index in [0.717, 1.165) is 5.56 Å². The standard InChI is InChI=1S/C17H22ClNO4/c1-16(2,3)23-15(21)19-14(10-22-17(19,4)5)11-6-7-13(18)12(8-11)9-20/h6-9,14H,10H2,1-5H3/t14-/m1/s1. The van der Waals surface area contributed by atoms with Gasteiger partial charge in [-0.25, -0.2) is 4.79 Å². The second-order valence-corrected chi connectivity index (χ2v) is 7.43. The molecule has 5 nitrogen and oxygen atoms in total. The van der Waals surface area contributed by atoms with Crippen molar-refractivity contribution in [1.29, 1.82) is 0 Å². The molecule has 0 saturated carbocycles. The molecule has 1 amide bonds. The average Bonchev–Trinajstić information content (AvgIpc) is 2.73. The van der Waals surface area contributed by atoms with Crippen LogP contribution in [0.1, 0.15) is 56.6 Å². The molecule has 0 unspecified atom stereocenters. The third-order valence-electron chi connectivity index (χ3n) is 3.61. The van der Waals surface area contributed by atoms with Crippen LogP contribution in [0.25, 0.3) is 0 Å². The Bertz CT molecular complexity index is 622. The van der Waals surface area contributed by atoms with Crippen LogP contribution in [0.4, 0.5) is 4.79 Å². The number of amides is 1. The van der Waals surface area contributed by atoms with Gasteiger partial charge < -0.3 is 9.47 Å². The molecule has 1 heterocycles. The molecule has 23 heavy (non-hydrogen) atoms. The van der Waals surface area contributed by atoms with Gasteiger partial charge in [0.05, 0.1) is 17.7 Å². The summed E-state index contributed by atoms with van der Waals surface area (Å²) in [5.41, 5.74) is -0.228. The number of benzene rings is 1. The number of hydrogen-bond acceptors (Lipinski definition) is 4. The van der Waals surface area contributed by atoms with E-state index in [0.29, 0.717) is 23.5 Å². The highest BCUT2D eigenvalue weighted by atomic mass is 35.5. The molecule has 1 fully saturated rings. The summed E-state index contributed by atoms with van der Waals surface area (Å²) in [7, 11) is 0. The summed E-state index contributed by atoms with van der Waals surface area (Å²) in [5.74, 6) is 0. The van der Waals surface area contributed by atoms with Crippen molar-refractivity contribution in [3.8, 4) is 0 Å². The van der Waals surface area contributed by atoms with Gasteiger partial charge in [-0.3, -0.25) is 9.69 Å². The van der Waals surface area contributed by atoms with Gasteiger partial charge in [-0.2, -0.15) is 0 Å². The van der Waals surface area contributed by atoms with Gasteiger partial charge >= 0.3 is 6.09 Å². The van der Waals surface area contributed by atoms with Crippen LogP contribution in [0.15, 0.2) is 18.2 Å². The Balaban J connectivity index is 2.37. The number of ether oxygens (including phenoxy) is 2. The highest BCUT2D eigenvalue weighted by Crippen LogP contribution is 2.38. The Morgan fingerprint density at radius 1 is 1.43 bits per heavy atom. The number of carbonyl (C=O) groups excluding carboxylic acids is 2. The van der Waals surface area contributed by atoms with E-state index in [1.54, 1.807) is 23.1 Å². The smallest absolute Gasteiger partial charge is 0.413 e. The van der Waals surface area contributed by atoms with Gasteiger partial charge in [-0.05, 0) is 52.3 Å². The van der Waals surface area contributed by atoms with Crippen LogP contribution in [0.3, 0.4) is 0 Å². The number of carbonyl (C=O) groups is 2. The predicted octanol–water partition coefficient (Wildman–Crippen LogP) is 4.20. The summed E-state index contributed by atoms with van der Waals surface area (Å²) < 4.78 is 11.3. The third kappa shape index (κ3) is 3.85. The van der Waals surface area contributed by atoms with E-state index in [9.17, 15) is 9.59 Å². The molecule has 1 aliphatic heterocycles. The number of aldehydes is 1. The van der Waals surface area contributed by atoms with Crippen molar-refractivity contribution in [3.63, 3.8) is 0 Å². The lowest BCUT2D eigenvalue weighted by Gasteiger charge is -2.35. The minimum absolute atomic E-state index is 0.326. The van der Waals surface area contributed by atoms with Crippen molar-refractivity contribution in [2.24, 2.45) is 0 Å². The first kappa shape index (κ1) is 17.8. The molecule has 1 aromatic rings. The zero-order valence-corrected chi connectivity index (χ0v) is 14.8. The lowest BCUT2D eigenvalue weighted by Crippen LogP contribution is -2.47. The molecule has 0 aromatic heterocycles. The Hall–Kier alpha value is -1.59. The third-order valence-corrected chi connectivity index (χ3v) is 3.95. The van der Waals surface area contributed by atoms with Crippen LogP contribution in [0, 0.1) is 0 Å². The Morgan fingerprint density at radius 2 is 2.09 bits per heavy atom. The van der Waals surface area contributed by atoms with Gasteiger partial charge in [0, 0.05) is 5.56 Å². The first-order valence-electron chi connectivity index (χ1n) is 7.46. The fraction of sp³-hybridized carbons (Fsp3) is 0.529. The first-order valence-corrected chi connectivity index (χ1v) is 7.84. The maximum atomic E-state index is 12.6. The number of nitrogens with zero attached hydrogens (tertiary/aromatic N) is 1. The molecular formula is C17H22ClNO4. The molecule has 1 saturated heterocycles. The number of halogens is 1. The highest BCUT2D eigenvalue weighted by molar-refractivity contribution is 6.32. The topological polar surface area (TPSA) is 55.8 Å². The van der Waals surface area contributed by atoms with Crippen LogP contribution in [0.2, 0.25) is 5.02 Å². The maximum Gasteiger partial charge on any atom is 0.413 e. The van der Waals surface area contributed by atoms with E-state index in [-0.39, 0.29) is 6.04 Å². The molecule has 1 atom stereocenters. The molecule has 0 N–H and O–H groups in total. The lowest BCUT2D eigenvalue weighted by atomic mass is 10.0. The molecule has 6 heteroatoms. The van der Waals surface area contributed by atoms with Crippen molar-refractivity contribution in [3.05, 3.63) is 34.3 Å². The molecule has 1 aliphatic rings. The largest absolute Gasteiger partial charge is 0.444 e. The number of hydrogen-bond donors (Lipinski definition) is 0. The van der Waals surface area contributed by atoms with E-state index in [1.807, 2.05) is 34.6 Å². The van der Waals surface area contributed by atoms with Gasteiger partial charge in [0.2, 0.25) is 0 Å². The molecule has 1 aromatic carbocycles. The van der Waals surface area contributed by atoms with Crippen LogP contribution in [-0.2, 0) is 9.47 Å². The molecule has 0 radical (unpaired) electrons. The fourth-order valence-electron chi connectivity index (χ4n) is 2.57. The molecule has 126 valence electrons. The minimum Gasteiger partial charge on any atom is -0.444 e. The van der Waals surface area contributed by atoms with E-state index in [4.69, 9.17) is 21.1 Å². The second-order valence-electron chi connectivity index (χ2n) is 7.02. The Labute approximate surface area is 141 Å². The zero-order valence-electron chi connectivity index (χ0n) is 14.1. The van der Waals surface area contributed by atoms with Crippen LogP contribution < -0.4 is 0 Å². The van der Waals surface area contributed by atoms with Crippen LogP contribution >= 0.6 is 11.6 Å². The Kier molecular flexibility index (Phi) is 4.74. The van der Waals surface area contributed by atoms with Crippen molar-refractivity contribution in [2.45, 2.75) is 52.0 Å². The molecule has 0 bridgehead atoms. The minimum atomic E-state index is -0.798. The first-order chi connectivity index (χ1) is 10.5. The lowest BCUT2D eigenvalue weighted by molar-refractivity contribution is -0.0626. The normalized spacial score (nSPS) is 20.4. The van der Waals surface area contributed by atoms with Gasteiger partial charge in [-0.1, -0.05) is 17.7 Å². The van der Waals surface area contributed by atoms with Gasteiger partial charge in [-0.15, -0.1) is 0 Å². The Morgan fingerprint density at radius 3 is 2.65 bits per heavy atom. The molecule has 0 aliphatic carbocycles. The number of rotatable bonds is 2. The fourth-order valence-corrected chi connectivity index (χ4v) is 2.73.